The number of carboxylic acids is 1. The van der Waals surface area contributed by atoms with Gasteiger partial charge in [0.15, 0.2) is 5.60 Å². The van der Waals surface area contributed by atoms with Crippen molar-refractivity contribution in [3.63, 3.8) is 0 Å². The van der Waals surface area contributed by atoms with Crippen molar-refractivity contribution in [3.05, 3.63) is 30.3 Å². The molecule has 0 fully saturated rings. The number of carbonyl (C=O) groups excluding carboxylic acids is 1. The number of hydrogen-bond acceptors (Lipinski definition) is 5. The van der Waals surface area contributed by atoms with Crippen LogP contribution < -0.4 is 5.32 Å². The monoisotopic (exact) mass is 330 g/mol. The molecule has 122 valence electrons. The van der Waals surface area contributed by atoms with Gasteiger partial charge in [0, 0.05) is 7.05 Å². The van der Waals surface area contributed by atoms with E-state index < -0.39 is 40.6 Å². The van der Waals surface area contributed by atoms with Crippen LogP contribution in [0.1, 0.15) is 6.92 Å². The van der Waals surface area contributed by atoms with E-state index in [-0.39, 0.29) is 4.90 Å². The molecule has 9 heteroatoms. The molecule has 0 bridgehead atoms. The smallest absolute Gasteiger partial charge is 0.337 e. The Bertz CT molecular complexity index is 642. The van der Waals surface area contributed by atoms with E-state index in [0.29, 0.717) is 0 Å². The van der Waals surface area contributed by atoms with Gasteiger partial charge in [-0.25, -0.2) is 13.2 Å². The van der Waals surface area contributed by atoms with Crippen LogP contribution in [0.4, 0.5) is 0 Å². The molecule has 3 N–H and O–H groups in total. The van der Waals surface area contributed by atoms with E-state index in [1.807, 2.05) is 0 Å². The van der Waals surface area contributed by atoms with Gasteiger partial charge in [0.1, 0.15) is 0 Å². The lowest BCUT2D eigenvalue weighted by Crippen LogP contribution is -2.48. The summed E-state index contributed by atoms with van der Waals surface area (Å²) in [6, 6.07) is 7.59. The first-order chi connectivity index (χ1) is 10.1. The van der Waals surface area contributed by atoms with Crippen molar-refractivity contribution in [1.29, 1.82) is 0 Å². The highest BCUT2D eigenvalue weighted by molar-refractivity contribution is 7.89. The molecule has 1 aromatic carbocycles. The summed E-state index contributed by atoms with van der Waals surface area (Å²) in [7, 11) is -2.58. The quantitative estimate of drug-likeness (QED) is 0.605. The number of benzene rings is 1. The number of nitrogens with zero attached hydrogens (tertiary/aromatic N) is 1. The summed E-state index contributed by atoms with van der Waals surface area (Å²) in [5.41, 5.74) is -2.12. The minimum absolute atomic E-state index is 0.0443. The Morgan fingerprint density at radius 2 is 1.82 bits per heavy atom. The van der Waals surface area contributed by atoms with Crippen LogP contribution in [-0.4, -0.2) is 60.6 Å². The second-order valence-electron chi connectivity index (χ2n) is 4.93. The number of amides is 1. The van der Waals surface area contributed by atoms with Crippen molar-refractivity contribution in [2.24, 2.45) is 0 Å². The summed E-state index contributed by atoms with van der Waals surface area (Å²) in [5, 5.41) is 20.4. The fraction of sp³-hybridized carbons (Fsp3) is 0.385. The van der Waals surface area contributed by atoms with Gasteiger partial charge in [-0.2, -0.15) is 4.31 Å². The number of sulfonamides is 1. The Morgan fingerprint density at radius 3 is 2.32 bits per heavy atom. The standard InChI is InChI=1S/C13H18N2O6S/c1-13(19,12(17)18)9-14-11(16)8-15(2)22(20,21)10-6-4-3-5-7-10/h3-7,19H,8-9H2,1-2H3,(H,14,16)(H,17,18). The van der Waals surface area contributed by atoms with Crippen LogP contribution in [0.15, 0.2) is 35.2 Å². The van der Waals surface area contributed by atoms with Crippen molar-refractivity contribution in [1.82, 2.24) is 9.62 Å². The number of aliphatic carboxylic acids is 1. The maximum Gasteiger partial charge on any atom is 0.337 e. The number of likely N-dealkylation sites (N-methyl/N-ethyl adjacent to an activating group) is 1. The Morgan fingerprint density at radius 1 is 1.27 bits per heavy atom. The maximum atomic E-state index is 12.2. The van der Waals surface area contributed by atoms with Crippen LogP contribution in [-0.2, 0) is 19.6 Å². The third-order valence-corrected chi connectivity index (χ3v) is 4.73. The van der Waals surface area contributed by atoms with Crippen molar-refractivity contribution < 1.29 is 28.2 Å². The zero-order valence-corrected chi connectivity index (χ0v) is 13.0. The molecule has 1 unspecified atom stereocenters. The first-order valence-electron chi connectivity index (χ1n) is 6.31. The topological polar surface area (TPSA) is 124 Å². The molecule has 1 aromatic rings. The minimum Gasteiger partial charge on any atom is -0.479 e. The van der Waals surface area contributed by atoms with Crippen LogP contribution in [0.25, 0.3) is 0 Å². The van der Waals surface area contributed by atoms with Crippen LogP contribution in [0.5, 0.6) is 0 Å². The lowest BCUT2D eigenvalue weighted by atomic mass is 10.1. The van der Waals surface area contributed by atoms with Crippen molar-refractivity contribution in [2.45, 2.75) is 17.4 Å². The average Bonchev–Trinajstić information content (AvgIpc) is 2.46. The Kier molecular flexibility index (Phi) is 5.64. The predicted octanol–water partition coefficient (Wildman–Crippen LogP) is -0.741. The predicted molar refractivity (Wildman–Crippen MR) is 77.5 cm³/mol. The van der Waals surface area contributed by atoms with Crippen LogP contribution in [0.3, 0.4) is 0 Å². The van der Waals surface area contributed by atoms with Crippen LogP contribution in [0.2, 0.25) is 0 Å². The van der Waals surface area contributed by atoms with Gasteiger partial charge < -0.3 is 15.5 Å². The van der Waals surface area contributed by atoms with E-state index >= 15 is 0 Å². The van der Waals surface area contributed by atoms with Gasteiger partial charge in [0.25, 0.3) is 0 Å². The Hall–Kier alpha value is -1.97. The SMILES string of the molecule is CN(CC(=O)NCC(C)(O)C(=O)O)S(=O)(=O)c1ccccc1. The summed E-state index contributed by atoms with van der Waals surface area (Å²) < 4.78 is 25.2. The van der Waals surface area contributed by atoms with E-state index in [0.717, 1.165) is 11.2 Å². The largest absolute Gasteiger partial charge is 0.479 e. The van der Waals surface area contributed by atoms with Gasteiger partial charge in [-0.05, 0) is 19.1 Å². The molecule has 0 radical (unpaired) electrons. The number of carboxylic acid groups (broad SMARTS) is 1. The van der Waals surface area contributed by atoms with Gasteiger partial charge in [0.05, 0.1) is 18.0 Å². The highest BCUT2D eigenvalue weighted by Gasteiger charge is 2.31. The maximum absolute atomic E-state index is 12.2. The number of rotatable bonds is 7. The molecule has 1 amide bonds. The van der Waals surface area contributed by atoms with Crippen molar-refractivity contribution in [3.8, 4) is 0 Å². The molecule has 0 spiro atoms. The molecule has 0 saturated heterocycles. The summed E-state index contributed by atoms with van der Waals surface area (Å²) in [6.45, 7) is 0.00730. The lowest BCUT2D eigenvalue weighted by molar-refractivity contribution is -0.156. The highest BCUT2D eigenvalue weighted by atomic mass is 32.2. The van der Waals surface area contributed by atoms with E-state index in [9.17, 15) is 23.1 Å². The number of hydrogen-bond donors (Lipinski definition) is 3. The second kappa shape index (κ2) is 6.86. The molecule has 1 atom stereocenters. The molecule has 0 saturated carbocycles. The van der Waals surface area contributed by atoms with Crippen molar-refractivity contribution in [2.75, 3.05) is 20.1 Å². The molecule has 0 heterocycles. The minimum atomic E-state index is -3.81. The molecular weight excluding hydrogens is 312 g/mol. The zero-order valence-electron chi connectivity index (χ0n) is 12.2. The molecule has 0 aromatic heterocycles. The first kappa shape index (κ1) is 18.1. The molecule has 1 rings (SSSR count). The summed E-state index contributed by atoms with van der Waals surface area (Å²) in [6.07, 6.45) is 0. The first-order valence-corrected chi connectivity index (χ1v) is 7.75. The zero-order chi connectivity index (χ0) is 17.0. The third-order valence-electron chi connectivity index (χ3n) is 2.91. The number of aliphatic hydroxyl groups is 1. The molecule has 0 aliphatic rings. The van der Waals surface area contributed by atoms with E-state index in [2.05, 4.69) is 5.32 Å². The van der Waals surface area contributed by atoms with Crippen LogP contribution >= 0.6 is 0 Å². The molecule has 22 heavy (non-hydrogen) atoms. The van der Waals surface area contributed by atoms with E-state index in [1.165, 1.54) is 19.2 Å². The number of carbonyl (C=O) groups is 2. The Labute approximate surface area is 128 Å². The molecule has 0 aliphatic heterocycles. The number of nitrogens with one attached hydrogen (secondary N) is 1. The normalized spacial score (nSPS) is 14.4. The summed E-state index contributed by atoms with van der Waals surface area (Å²) in [4.78, 5) is 22.4. The average molecular weight is 330 g/mol. The van der Waals surface area contributed by atoms with E-state index in [4.69, 9.17) is 5.11 Å². The molecule has 8 nitrogen and oxygen atoms in total. The second-order valence-corrected chi connectivity index (χ2v) is 6.97. The molecule has 0 aliphatic carbocycles. The van der Waals surface area contributed by atoms with E-state index in [1.54, 1.807) is 18.2 Å². The highest BCUT2D eigenvalue weighted by Crippen LogP contribution is 2.12. The van der Waals surface area contributed by atoms with Crippen LogP contribution in [0, 0.1) is 0 Å². The molecular formula is C13H18N2O6S. The summed E-state index contributed by atoms with van der Waals surface area (Å²) in [5.74, 6) is -2.21. The van der Waals surface area contributed by atoms with Gasteiger partial charge in [-0.3, -0.25) is 4.79 Å². The fourth-order valence-electron chi connectivity index (χ4n) is 1.46. The fourth-order valence-corrected chi connectivity index (χ4v) is 2.61. The van der Waals surface area contributed by atoms with Gasteiger partial charge in [-0.1, -0.05) is 18.2 Å². The Balaban J connectivity index is 2.67. The lowest BCUT2D eigenvalue weighted by Gasteiger charge is -2.20. The third kappa shape index (κ3) is 4.52. The van der Waals surface area contributed by atoms with Gasteiger partial charge in [0.2, 0.25) is 15.9 Å². The van der Waals surface area contributed by atoms with Gasteiger partial charge in [-0.15, -0.1) is 0 Å². The van der Waals surface area contributed by atoms with Gasteiger partial charge >= 0.3 is 5.97 Å². The summed E-state index contributed by atoms with van der Waals surface area (Å²) >= 11 is 0. The van der Waals surface area contributed by atoms with Crippen molar-refractivity contribution >= 4 is 21.9 Å².